The summed E-state index contributed by atoms with van der Waals surface area (Å²) in [4.78, 5) is 30.3. The molecule has 2 aromatic rings. The highest BCUT2D eigenvalue weighted by Crippen LogP contribution is 2.40. The second-order valence-electron chi connectivity index (χ2n) is 4.55. The average Bonchev–Trinajstić information content (AvgIpc) is 3.07. The zero-order valence-electron chi connectivity index (χ0n) is 11.3. The maximum atomic E-state index is 12.2. The highest BCUT2D eigenvalue weighted by atomic mass is 32.2. The standard InChI is InChI=1S/C14H13N3O2S2/c1-9-2-3-11(21-9)14-17(12(18)8-20-14)16-13(19)10-4-6-15-7-5-10/h2-7,14H,8H2,1H3,(H,16,19). The van der Waals surface area contributed by atoms with Crippen LogP contribution in [0.5, 0.6) is 0 Å². The van der Waals surface area contributed by atoms with Crippen LogP contribution in [0, 0.1) is 6.92 Å². The van der Waals surface area contributed by atoms with E-state index in [0.29, 0.717) is 11.3 Å². The zero-order chi connectivity index (χ0) is 14.8. The number of aryl methyl sites for hydroxylation is 1. The number of nitrogens with one attached hydrogen (secondary N) is 1. The molecule has 2 aromatic heterocycles. The van der Waals surface area contributed by atoms with Crippen molar-refractivity contribution in [2.45, 2.75) is 12.3 Å². The molecule has 0 saturated carbocycles. The summed E-state index contributed by atoms with van der Waals surface area (Å²) in [5.74, 6) is -0.0110. The number of hydrazine groups is 1. The quantitative estimate of drug-likeness (QED) is 0.943. The van der Waals surface area contributed by atoms with Crippen molar-refractivity contribution in [1.82, 2.24) is 15.4 Å². The number of rotatable bonds is 3. The first-order chi connectivity index (χ1) is 10.1. The van der Waals surface area contributed by atoms with Crippen molar-refractivity contribution >= 4 is 34.9 Å². The molecule has 1 unspecified atom stereocenters. The van der Waals surface area contributed by atoms with Crippen molar-refractivity contribution in [3.05, 3.63) is 52.0 Å². The van der Waals surface area contributed by atoms with E-state index in [1.54, 1.807) is 35.9 Å². The van der Waals surface area contributed by atoms with E-state index < -0.39 is 0 Å². The smallest absolute Gasteiger partial charge is 0.270 e. The van der Waals surface area contributed by atoms with Gasteiger partial charge >= 0.3 is 0 Å². The number of carbonyl (C=O) groups is 2. The Balaban J connectivity index is 1.79. The third-order valence-corrected chi connectivity index (χ3v) is 5.43. The third kappa shape index (κ3) is 2.93. The number of hydrogen-bond acceptors (Lipinski definition) is 5. The van der Waals surface area contributed by atoms with Gasteiger partial charge in [-0.25, -0.2) is 5.01 Å². The van der Waals surface area contributed by atoms with Gasteiger partial charge in [0.2, 0.25) is 0 Å². The molecule has 0 radical (unpaired) electrons. The van der Waals surface area contributed by atoms with E-state index in [9.17, 15) is 9.59 Å². The molecule has 1 aliphatic rings. The van der Waals surface area contributed by atoms with Crippen LogP contribution >= 0.6 is 23.1 Å². The first-order valence-electron chi connectivity index (χ1n) is 6.36. The molecule has 7 heteroatoms. The van der Waals surface area contributed by atoms with E-state index in [2.05, 4.69) is 10.4 Å². The molecule has 0 aromatic carbocycles. The zero-order valence-corrected chi connectivity index (χ0v) is 12.9. The first kappa shape index (κ1) is 14.1. The maximum Gasteiger partial charge on any atom is 0.270 e. The van der Waals surface area contributed by atoms with Gasteiger partial charge in [0.15, 0.2) is 0 Å². The molecule has 1 N–H and O–H groups in total. The lowest BCUT2D eigenvalue weighted by molar-refractivity contribution is -0.130. The number of thioether (sulfide) groups is 1. The van der Waals surface area contributed by atoms with Crippen LogP contribution in [0.1, 0.15) is 25.5 Å². The van der Waals surface area contributed by atoms with Crippen LogP contribution in [0.15, 0.2) is 36.7 Å². The fourth-order valence-corrected chi connectivity index (χ4v) is 4.22. The lowest BCUT2D eigenvalue weighted by atomic mass is 10.2. The Morgan fingerprint density at radius 1 is 1.33 bits per heavy atom. The summed E-state index contributed by atoms with van der Waals surface area (Å²) >= 11 is 3.16. The molecule has 2 amide bonds. The Hall–Kier alpha value is -1.86. The molecule has 3 rings (SSSR count). The number of thiophene rings is 1. The molecule has 3 heterocycles. The van der Waals surface area contributed by atoms with Gasteiger partial charge in [0.25, 0.3) is 11.8 Å². The Bertz CT molecular complexity index is 672. The molecule has 5 nitrogen and oxygen atoms in total. The van der Waals surface area contributed by atoms with E-state index in [0.717, 1.165) is 4.88 Å². The van der Waals surface area contributed by atoms with Crippen LogP contribution in [0.2, 0.25) is 0 Å². The number of nitrogens with zero attached hydrogens (tertiary/aromatic N) is 2. The fourth-order valence-electron chi connectivity index (χ4n) is 2.02. The summed E-state index contributed by atoms with van der Waals surface area (Å²) in [5, 5.41) is 1.28. The molecule has 21 heavy (non-hydrogen) atoms. The van der Waals surface area contributed by atoms with Crippen LogP contribution in [-0.2, 0) is 4.79 Å². The normalized spacial score (nSPS) is 18.0. The number of amides is 2. The van der Waals surface area contributed by atoms with Crippen LogP contribution in [0.25, 0.3) is 0 Å². The summed E-state index contributed by atoms with van der Waals surface area (Å²) in [7, 11) is 0. The molecule has 1 saturated heterocycles. The van der Waals surface area contributed by atoms with Crippen molar-refractivity contribution in [2.24, 2.45) is 0 Å². The van der Waals surface area contributed by atoms with E-state index in [-0.39, 0.29) is 17.2 Å². The summed E-state index contributed by atoms with van der Waals surface area (Å²) < 4.78 is 0. The lowest BCUT2D eigenvalue weighted by Gasteiger charge is -2.23. The van der Waals surface area contributed by atoms with Gasteiger partial charge in [-0.3, -0.25) is 20.0 Å². The van der Waals surface area contributed by atoms with Crippen LogP contribution in [-0.4, -0.2) is 27.6 Å². The van der Waals surface area contributed by atoms with Gasteiger partial charge in [0.05, 0.1) is 5.75 Å². The lowest BCUT2D eigenvalue weighted by Crippen LogP contribution is -2.44. The third-order valence-electron chi connectivity index (χ3n) is 3.04. The Morgan fingerprint density at radius 3 is 2.76 bits per heavy atom. The van der Waals surface area contributed by atoms with Crippen LogP contribution in [0.3, 0.4) is 0 Å². The Kier molecular flexibility index (Phi) is 3.94. The van der Waals surface area contributed by atoms with Crippen molar-refractivity contribution < 1.29 is 9.59 Å². The second kappa shape index (κ2) is 5.87. The van der Waals surface area contributed by atoms with Crippen LogP contribution in [0.4, 0.5) is 0 Å². The van der Waals surface area contributed by atoms with Gasteiger partial charge in [0.1, 0.15) is 5.37 Å². The van der Waals surface area contributed by atoms with Gasteiger partial charge in [-0.05, 0) is 31.2 Å². The minimum absolute atomic E-state index is 0.0848. The minimum atomic E-state index is -0.300. The topological polar surface area (TPSA) is 62.3 Å². The number of pyridine rings is 1. The van der Waals surface area contributed by atoms with Crippen molar-refractivity contribution in [3.8, 4) is 0 Å². The van der Waals surface area contributed by atoms with Gasteiger partial charge in [-0.15, -0.1) is 23.1 Å². The molecule has 1 fully saturated rings. The van der Waals surface area contributed by atoms with Crippen LogP contribution < -0.4 is 5.43 Å². The van der Waals surface area contributed by atoms with E-state index in [1.165, 1.54) is 21.6 Å². The highest BCUT2D eigenvalue weighted by Gasteiger charge is 2.35. The Labute approximate surface area is 130 Å². The van der Waals surface area contributed by atoms with Crippen molar-refractivity contribution in [1.29, 1.82) is 0 Å². The van der Waals surface area contributed by atoms with Gasteiger partial charge < -0.3 is 0 Å². The maximum absolute atomic E-state index is 12.2. The van der Waals surface area contributed by atoms with Gasteiger partial charge in [0, 0.05) is 27.7 Å². The van der Waals surface area contributed by atoms with Gasteiger partial charge in [-0.2, -0.15) is 0 Å². The second-order valence-corrected chi connectivity index (χ2v) is 6.94. The summed E-state index contributed by atoms with van der Waals surface area (Å²) in [6.07, 6.45) is 3.10. The minimum Gasteiger partial charge on any atom is -0.272 e. The summed E-state index contributed by atoms with van der Waals surface area (Å²) in [6.45, 7) is 2.02. The molecule has 108 valence electrons. The summed E-state index contributed by atoms with van der Waals surface area (Å²) in [6, 6.07) is 7.26. The molecular weight excluding hydrogens is 306 g/mol. The Morgan fingerprint density at radius 2 is 2.10 bits per heavy atom. The molecule has 0 aliphatic carbocycles. The fraction of sp³-hybridized carbons (Fsp3) is 0.214. The molecule has 1 atom stereocenters. The molecule has 1 aliphatic heterocycles. The van der Waals surface area contributed by atoms with E-state index >= 15 is 0 Å². The average molecular weight is 319 g/mol. The van der Waals surface area contributed by atoms with Crippen molar-refractivity contribution in [2.75, 3.05) is 5.75 Å². The van der Waals surface area contributed by atoms with E-state index in [1.807, 2.05) is 19.1 Å². The van der Waals surface area contributed by atoms with Gasteiger partial charge in [-0.1, -0.05) is 0 Å². The molecular formula is C14H13N3O2S2. The summed E-state index contributed by atoms with van der Waals surface area (Å²) in [5.41, 5.74) is 3.19. The highest BCUT2D eigenvalue weighted by molar-refractivity contribution is 8.00. The largest absolute Gasteiger partial charge is 0.272 e. The predicted octanol–water partition coefficient (Wildman–Crippen LogP) is 2.37. The predicted molar refractivity (Wildman–Crippen MR) is 82.8 cm³/mol. The molecule has 0 spiro atoms. The number of aromatic nitrogens is 1. The van der Waals surface area contributed by atoms with E-state index in [4.69, 9.17) is 0 Å². The number of hydrogen-bond donors (Lipinski definition) is 1. The SMILES string of the molecule is Cc1ccc(C2SCC(=O)N2NC(=O)c2ccncc2)s1. The number of carbonyl (C=O) groups excluding carboxylic acids is 2. The molecule has 0 bridgehead atoms. The monoisotopic (exact) mass is 319 g/mol. The van der Waals surface area contributed by atoms with Crippen molar-refractivity contribution in [3.63, 3.8) is 0 Å². The first-order valence-corrected chi connectivity index (χ1v) is 8.22.